The highest BCUT2D eigenvalue weighted by Gasteiger charge is 2.06. The van der Waals surface area contributed by atoms with Crippen LogP contribution in [-0.4, -0.2) is 34.1 Å². The maximum atomic E-state index is 11.3. The van der Waals surface area contributed by atoms with Crippen LogP contribution in [0.4, 0.5) is 0 Å². The van der Waals surface area contributed by atoms with Crippen LogP contribution in [0.15, 0.2) is 9.95 Å². The van der Waals surface area contributed by atoms with Crippen LogP contribution in [0, 0.1) is 0 Å². The number of aromatic amines is 1. The molecule has 0 fully saturated rings. The molecule has 0 amide bonds. The minimum atomic E-state index is -0.112. The Morgan fingerprint density at radius 2 is 2.43 bits per heavy atom. The Hall–Kier alpha value is -0.750. The van der Waals surface area contributed by atoms with E-state index in [1.807, 2.05) is 14.0 Å². The largest absolute Gasteiger partial charge is 0.343 e. The lowest BCUT2D eigenvalue weighted by atomic mass is 10.5. The predicted octanol–water partition coefficient (Wildman–Crippen LogP) is 0.293. The normalized spacial score (nSPS) is 10.7. The Morgan fingerprint density at radius 3 is 3.07 bits per heavy atom. The first-order chi connectivity index (χ1) is 6.79. The van der Waals surface area contributed by atoms with Gasteiger partial charge in [0.1, 0.15) is 0 Å². The summed E-state index contributed by atoms with van der Waals surface area (Å²) < 4.78 is 1.68. The third-order valence-electron chi connectivity index (χ3n) is 1.75. The van der Waals surface area contributed by atoms with E-state index in [-0.39, 0.29) is 5.69 Å². The van der Waals surface area contributed by atoms with Gasteiger partial charge < -0.3 is 5.32 Å². The molecule has 5 nitrogen and oxygen atoms in total. The summed E-state index contributed by atoms with van der Waals surface area (Å²) in [6.07, 6.45) is 0.943. The van der Waals surface area contributed by atoms with E-state index in [9.17, 15) is 4.79 Å². The van der Waals surface area contributed by atoms with Gasteiger partial charge in [-0.05, 0) is 13.5 Å². The molecular formula is C8H16N4OS. The van der Waals surface area contributed by atoms with Crippen LogP contribution < -0.4 is 11.0 Å². The maximum Gasteiger partial charge on any atom is 0.343 e. The minimum Gasteiger partial charge on any atom is -0.319 e. The topological polar surface area (TPSA) is 62.7 Å². The molecule has 6 heteroatoms. The number of H-pyrrole nitrogens is 1. The van der Waals surface area contributed by atoms with Crippen LogP contribution in [-0.2, 0) is 6.54 Å². The molecule has 0 aliphatic rings. The number of thioether (sulfide) groups is 1. The molecule has 0 aliphatic heterocycles. The van der Waals surface area contributed by atoms with E-state index in [1.165, 1.54) is 0 Å². The van der Waals surface area contributed by atoms with Crippen LogP contribution in [0.1, 0.15) is 13.3 Å². The number of nitrogens with one attached hydrogen (secondary N) is 2. The summed E-state index contributed by atoms with van der Waals surface area (Å²) in [5.74, 6) is 0.921. The Kier molecular flexibility index (Phi) is 4.75. The zero-order chi connectivity index (χ0) is 10.4. The van der Waals surface area contributed by atoms with E-state index in [1.54, 1.807) is 16.3 Å². The first kappa shape index (κ1) is 11.3. The zero-order valence-electron chi connectivity index (χ0n) is 8.54. The summed E-state index contributed by atoms with van der Waals surface area (Å²) >= 11 is 1.59. The summed E-state index contributed by atoms with van der Waals surface area (Å²) in [5, 5.41) is 10.3. The lowest BCUT2D eigenvalue weighted by Crippen LogP contribution is -2.17. The molecule has 1 heterocycles. The molecule has 2 N–H and O–H groups in total. The van der Waals surface area contributed by atoms with Gasteiger partial charge in [0.25, 0.3) is 0 Å². The number of rotatable bonds is 6. The molecule has 1 rings (SSSR count). The van der Waals surface area contributed by atoms with Crippen molar-refractivity contribution >= 4 is 11.8 Å². The molecule has 0 unspecified atom stereocenters. The number of hydrogen-bond donors (Lipinski definition) is 2. The lowest BCUT2D eigenvalue weighted by molar-refractivity contribution is 0.603. The van der Waals surface area contributed by atoms with Gasteiger partial charge in [-0.1, -0.05) is 18.7 Å². The third-order valence-corrected chi connectivity index (χ3v) is 2.73. The van der Waals surface area contributed by atoms with Crippen molar-refractivity contribution in [2.75, 3.05) is 19.3 Å². The van der Waals surface area contributed by atoms with E-state index in [4.69, 9.17) is 0 Å². The van der Waals surface area contributed by atoms with Crippen molar-refractivity contribution in [3.05, 3.63) is 10.5 Å². The summed E-state index contributed by atoms with van der Waals surface area (Å²) in [6.45, 7) is 3.69. The van der Waals surface area contributed by atoms with Gasteiger partial charge in [-0.25, -0.2) is 9.89 Å². The van der Waals surface area contributed by atoms with E-state index >= 15 is 0 Å². The highest BCUT2D eigenvalue weighted by atomic mass is 32.2. The second kappa shape index (κ2) is 5.87. The molecule has 0 spiro atoms. The molecule has 0 aliphatic carbocycles. The van der Waals surface area contributed by atoms with Gasteiger partial charge in [0.15, 0.2) is 5.16 Å². The van der Waals surface area contributed by atoms with Gasteiger partial charge in [-0.2, -0.15) is 0 Å². The van der Waals surface area contributed by atoms with E-state index in [2.05, 4.69) is 15.5 Å². The van der Waals surface area contributed by atoms with Gasteiger partial charge in [0.05, 0.1) is 0 Å². The second-order valence-electron chi connectivity index (χ2n) is 2.91. The summed E-state index contributed by atoms with van der Waals surface area (Å²) in [4.78, 5) is 11.3. The van der Waals surface area contributed by atoms with Gasteiger partial charge in [-0.15, -0.1) is 5.10 Å². The lowest BCUT2D eigenvalue weighted by Gasteiger charge is -2.02. The number of aromatic nitrogens is 3. The fraction of sp³-hybridized carbons (Fsp3) is 0.750. The van der Waals surface area contributed by atoms with Crippen LogP contribution in [0.3, 0.4) is 0 Å². The summed E-state index contributed by atoms with van der Waals surface area (Å²) in [6, 6.07) is 0. The van der Waals surface area contributed by atoms with Gasteiger partial charge in [0.2, 0.25) is 0 Å². The fourth-order valence-corrected chi connectivity index (χ4v) is 2.01. The first-order valence-electron chi connectivity index (χ1n) is 4.72. The Labute approximate surface area is 87.3 Å². The van der Waals surface area contributed by atoms with Gasteiger partial charge in [-0.3, -0.25) is 4.57 Å². The van der Waals surface area contributed by atoms with E-state index < -0.39 is 0 Å². The highest BCUT2D eigenvalue weighted by Crippen LogP contribution is 2.11. The molecule has 0 radical (unpaired) electrons. The van der Waals surface area contributed by atoms with Crippen LogP contribution >= 0.6 is 11.8 Å². The van der Waals surface area contributed by atoms with Crippen molar-refractivity contribution in [1.29, 1.82) is 0 Å². The third kappa shape index (κ3) is 2.88. The maximum absolute atomic E-state index is 11.3. The van der Waals surface area contributed by atoms with Gasteiger partial charge in [0, 0.05) is 18.8 Å². The van der Waals surface area contributed by atoms with Crippen molar-refractivity contribution in [2.24, 2.45) is 0 Å². The quantitative estimate of drug-likeness (QED) is 0.530. The molecule has 0 atom stereocenters. The van der Waals surface area contributed by atoms with Crippen LogP contribution in [0.25, 0.3) is 0 Å². The average molecular weight is 216 g/mol. The average Bonchev–Trinajstić information content (AvgIpc) is 2.51. The first-order valence-corrected chi connectivity index (χ1v) is 5.70. The van der Waals surface area contributed by atoms with Crippen molar-refractivity contribution < 1.29 is 0 Å². The van der Waals surface area contributed by atoms with Crippen LogP contribution in [0.2, 0.25) is 0 Å². The van der Waals surface area contributed by atoms with Crippen molar-refractivity contribution in [3.63, 3.8) is 0 Å². The van der Waals surface area contributed by atoms with Crippen molar-refractivity contribution in [2.45, 2.75) is 25.0 Å². The summed E-state index contributed by atoms with van der Waals surface area (Å²) in [5.41, 5.74) is -0.112. The molecule has 0 aromatic carbocycles. The molecule has 80 valence electrons. The minimum absolute atomic E-state index is 0.112. The molecule has 14 heavy (non-hydrogen) atoms. The number of hydrogen-bond acceptors (Lipinski definition) is 4. The Balaban J connectivity index is 2.61. The Morgan fingerprint density at radius 1 is 1.64 bits per heavy atom. The fourth-order valence-electron chi connectivity index (χ4n) is 1.08. The second-order valence-corrected chi connectivity index (χ2v) is 3.98. The van der Waals surface area contributed by atoms with E-state index in [0.29, 0.717) is 0 Å². The highest BCUT2D eigenvalue weighted by molar-refractivity contribution is 7.99. The SMILES string of the molecule is CCCn1c(SCCNC)n[nH]c1=O. The standard InChI is InChI=1S/C8H16N4OS/c1-3-5-12-7(13)10-11-8(12)14-6-4-9-2/h9H,3-6H2,1-2H3,(H,10,13). The summed E-state index contributed by atoms with van der Waals surface area (Å²) in [7, 11) is 1.91. The Bertz CT molecular complexity index is 319. The molecule has 0 saturated heterocycles. The monoisotopic (exact) mass is 216 g/mol. The number of nitrogens with zero attached hydrogens (tertiary/aromatic N) is 2. The molecule has 1 aromatic rings. The molecule has 0 bridgehead atoms. The predicted molar refractivity (Wildman–Crippen MR) is 57.8 cm³/mol. The molecule has 0 saturated carbocycles. The van der Waals surface area contributed by atoms with Crippen molar-refractivity contribution in [1.82, 2.24) is 20.1 Å². The molecule has 1 aromatic heterocycles. The smallest absolute Gasteiger partial charge is 0.319 e. The zero-order valence-corrected chi connectivity index (χ0v) is 9.36. The molecular weight excluding hydrogens is 200 g/mol. The van der Waals surface area contributed by atoms with Gasteiger partial charge >= 0.3 is 5.69 Å². The van der Waals surface area contributed by atoms with Crippen molar-refractivity contribution in [3.8, 4) is 0 Å². The van der Waals surface area contributed by atoms with Crippen LogP contribution in [0.5, 0.6) is 0 Å². The van der Waals surface area contributed by atoms with E-state index in [0.717, 1.165) is 30.4 Å².